The molecular formula is C20H23N3OS. The molecule has 5 heteroatoms. The highest BCUT2D eigenvalue weighted by Gasteiger charge is 2.51. The van der Waals surface area contributed by atoms with Gasteiger partial charge < -0.3 is 5.32 Å². The topological polar surface area (TPSA) is 54.9 Å². The van der Waals surface area contributed by atoms with Crippen LogP contribution in [0.5, 0.6) is 0 Å². The maximum atomic E-state index is 13.0. The lowest BCUT2D eigenvalue weighted by molar-refractivity contribution is -0.0166. The van der Waals surface area contributed by atoms with Crippen LogP contribution in [0.3, 0.4) is 0 Å². The lowest BCUT2D eigenvalue weighted by atomic mass is 9.53. The second-order valence-electron chi connectivity index (χ2n) is 8.30. The highest BCUT2D eigenvalue weighted by atomic mass is 32.1. The number of carbonyl (C=O) groups excluding carboxylic acids is 1. The summed E-state index contributed by atoms with van der Waals surface area (Å²) in [6, 6.07) is 5.79. The van der Waals surface area contributed by atoms with Gasteiger partial charge in [-0.2, -0.15) is 0 Å². The smallest absolute Gasteiger partial charge is 0.263 e. The van der Waals surface area contributed by atoms with Gasteiger partial charge >= 0.3 is 0 Å². The molecule has 2 aromatic rings. The maximum absolute atomic E-state index is 13.0. The molecule has 1 amide bonds. The van der Waals surface area contributed by atoms with E-state index in [9.17, 15) is 4.79 Å². The molecule has 2 aromatic heterocycles. The van der Waals surface area contributed by atoms with Crippen molar-refractivity contribution in [1.82, 2.24) is 15.3 Å². The summed E-state index contributed by atoms with van der Waals surface area (Å²) in [6.45, 7) is 1.93. The summed E-state index contributed by atoms with van der Waals surface area (Å²) in [5.74, 6) is 2.56. The van der Waals surface area contributed by atoms with Crippen molar-refractivity contribution in [2.45, 2.75) is 51.0 Å². The van der Waals surface area contributed by atoms with Crippen LogP contribution in [0.25, 0.3) is 10.7 Å². The van der Waals surface area contributed by atoms with E-state index in [1.807, 2.05) is 25.1 Å². The number of amides is 1. The monoisotopic (exact) mass is 353 g/mol. The predicted octanol–water partition coefficient (Wildman–Crippen LogP) is 4.21. The molecule has 4 saturated carbocycles. The molecule has 4 aliphatic carbocycles. The first-order valence-corrected chi connectivity index (χ1v) is 10.1. The van der Waals surface area contributed by atoms with Gasteiger partial charge in [-0.15, -0.1) is 11.3 Å². The van der Waals surface area contributed by atoms with Gasteiger partial charge in [0, 0.05) is 11.7 Å². The molecule has 6 rings (SSSR count). The lowest BCUT2D eigenvalue weighted by Gasteiger charge is -2.56. The van der Waals surface area contributed by atoms with E-state index in [1.54, 1.807) is 6.20 Å². The van der Waals surface area contributed by atoms with Gasteiger partial charge in [0.25, 0.3) is 5.91 Å². The normalized spacial score (nSPS) is 32.8. The molecule has 0 radical (unpaired) electrons. The maximum Gasteiger partial charge on any atom is 0.263 e. The van der Waals surface area contributed by atoms with Crippen molar-refractivity contribution in [2.75, 3.05) is 0 Å². The highest BCUT2D eigenvalue weighted by molar-refractivity contribution is 7.17. The average Bonchev–Trinajstić information content (AvgIpc) is 2.96. The summed E-state index contributed by atoms with van der Waals surface area (Å²) >= 11 is 1.46. The standard InChI is InChI=1S/C20H23N3OS/c1-12-17(25-19(22-12)16-4-2-3-5-21-16)18(24)23-20-9-13-6-14(10-20)8-15(7-13)11-20/h2-5,13-15H,6-11H2,1H3,(H,23,24). The van der Waals surface area contributed by atoms with Gasteiger partial charge in [-0.05, 0) is 75.3 Å². The molecule has 25 heavy (non-hydrogen) atoms. The Morgan fingerprint density at radius 1 is 1.16 bits per heavy atom. The summed E-state index contributed by atoms with van der Waals surface area (Å²) in [5.41, 5.74) is 1.70. The number of aryl methyl sites for hydroxylation is 1. The molecule has 4 aliphatic rings. The third kappa shape index (κ3) is 2.69. The number of carbonyl (C=O) groups is 1. The number of thiazole rings is 1. The Morgan fingerprint density at radius 2 is 1.84 bits per heavy atom. The van der Waals surface area contributed by atoms with E-state index in [2.05, 4.69) is 15.3 Å². The van der Waals surface area contributed by atoms with E-state index in [4.69, 9.17) is 0 Å². The van der Waals surface area contributed by atoms with Crippen molar-refractivity contribution in [3.8, 4) is 10.7 Å². The first kappa shape index (κ1) is 15.5. The number of nitrogens with one attached hydrogen (secondary N) is 1. The Morgan fingerprint density at radius 3 is 2.44 bits per heavy atom. The third-order valence-corrected chi connectivity index (χ3v) is 7.48. The van der Waals surface area contributed by atoms with Crippen LogP contribution in [0.2, 0.25) is 0 Å². The fraction of sp³-hybridized carbons (Fsp3) is 0.550. The molecule has 0 unspecified atom stereocenters. The summed E-state index contributed by atoms with van der Waals surface area (Å²) < 4.78 is 0. The van der Waals surface area contributed by atoms with Crippen LogP contribution < -0.4 is 5.32 Å². The Balaban J connectivity index is 1.39. The van der Waals surface area contributed by atoms with Crippen LogP contribution >= 0.6 is 11.3 Å². The van der Waals surface area contributed by atoms with Crippen molar-refractivity contribution >= 4 is 17.2 Å². The molecule has 1 N–H and O–H groups in total. The van der Waals surface area contributed by atoms with Crippen LogP contribution in [0, 0.1) is 24.7 Å². The number of hydrogen-bond acceptors (Lipinski definition) is 4. The fourth-order valence-corrected chi connectivity index (χ4v) is 6.71. The molecule has 130 valence electrons. The largest absolute Gasteiger partial charge is 0.346 e. The van der Waals surface area contributed by atoms with Gasteiger partial charge in [0.15, 0.2) is 0 Å². The molecule has 2 heterocycles. The number of hydrogen-bond donors (Lipinski definition) is 1. The highest BCUT2D eigenvalue weighted by Crippen LogP contribution is 2.55. The van der Waals surface area contributed by atoms with Crippen LogP contribution in [-0.2, 0) is 0 Å². The minimum atomic E-state index is 0.0490. The molecule has 0 saturated heterocycles. The van der Waals surface area contributed by atoms with Crippen LogP contribution in [0.1, 0.15) is 53.9 Å². The number of rotatable bonds is 3. The molecule has 4 nitrogen and oxygen atoms in total. The molecule has 0 aliphatic heterocycles. The van der Waals surface area contributed by atoms with Crippen molar-refractivity contribution in [1.29, 1.82) is 0 Å². The Hall–Kier alpha value is -1.75. The fourth-order valence-electron chi connectivity index (χ4n) is 5.77. The van der Waals surface area contributed by atoms with Crippen molar-refractivity contribution in [3.63, 3.8) is 0 Å². The van der Waals surface area contributed by atoms with Gasteiger partial charge in [0.1, 0.15) is 9.88 Å². The summed E-state index contributed by atoms with van der Waals surface area (Å²) in [4.78, 5) is 22.7. The molecule has 0 aromatic carbocycles. The van der Waals surface area contributed by atoms with E-state index < -0.39 is 0 Å². The second kappa shape index (κ2) is 5.63. The SMILES string of the molecule is Cc1nc(-c2ccccn2)sc1C(=O)NC12CC3CC(CC(C3)C1)C2. The zero-order valence-corrected chi connectivity index (χ0v) is 15.3. The lowest BCUT2D eigenvalue weighted by Crippen LogP contribution is -2.59. The van der Waals surface area contributed by atoms with E-state index in [0.717, 1.165) is 39.0 Å². The molecule has 4 fully saturated rings. The summed E-state index contributed by atoms with van der Waals surface area (Å²) in [6.07, 6.45) is 9.46. The molecular weight excluding hydrogens is 330 g/mol. The minimum Gasteiger partial charge on any atom is -0.346 e. The van der Waals surface area contributed by atoms with Crippen LogP contribution in [-0.4, -0.2) is 21.4 Å². The number of nitrogens with zero attached hydrogens (tertiary/aromatic N) is 2. The van der Waals surface area contributed by atoms with Gasteiger partial charge in [-0.1, -0.05) is 6.07 Å². The Kier molecular flexibility index (Phi) is 3.49. The van der Waals surface area contributed by atoms with Crippen molar-refractivity contribution in [3.05, 3.63) is 35.0 Å². The first-order valence-electron chi connectivity index (χ1n) is 9.31. The second-order valence-corrected chi connectivity index (χ2v) is 9.30. The van der Waals surface area contributed by atoms with E-state index in [-0.39, 0.29) is 11.4 Å². The zero-order valence-electron chi connectivity index (χ0n) is 14.5. The van der Waals surface area contributed by atoms with E-state index in [1.165, 1.54) is 49.9 Å². The Labute approximate surface area is 152 Å². The zero-order chi connectivity index (χ0) is 17.0. The summed E-state index contributed by atoms with van der Waals surface area (Å²) in [5, 5.41) is 4.29. The average molecular weight is 353 g/mol. The first-order chi connectivity index (χ1) is 12.1. The molecule has 4 bridgehead atoms. The van der Waals surface area contributed by atoms with Crippen molar-refractivity contribution in [2.24, 2.45) is 17.8 Å². The van der Waals surface area contributed by atoms with Gasteiger partial charge in [-0.25, -0.2) is 4.98 Å². The summed E-state index contributed by atoms with van der Waals surface area (Å²) in [7, 11) is 0. The predicted molar refractivity (Wildman–Crippen MR) is 98.5 cm³/mol. The van der Waals surface area contributed by atoms with E-state index in [0.29, 0.717) is 0 Å². The van der Waals surface area contributed by atoms with Crippen molar-refractivity contribution < 1.29 is 4.79 Å². The van der Waals surface area contributed by atoms with Crippen LogP contribution in [0.15, 0.2) is 24.4 Å². The number of aromatic nitrogens is 2. The third-order valence-electron chi connectivity index (χ3n) is 6.30. The van der Waals surface area contributed by atoms with Gasteiger partial charge in [0.2, 0.25) is 0 Å². The number of pyridine rings is 1. The van der Waals surface area contributed by atoms with Crippen LogP contribution in [0.4, 0.5) is 0 Å². The van der Waals surface area contributed by atoms with Gasteiger partial charge in [0.05, 0.1) is 11.4 Å². The molecule has 0 atom stereocenters. The Bertz CT molecular complexity index is 778. The quantitative estimate of drug-likeness (QED) is 0.899. The molecule has 0 spiro atoms. The van der Waals surface area contributed by atoms with E-state index >= 15 is 0 Å². The van der Waals surface area contributed by atoms with Gasteiger partial charge in [-0.3, -0.25) is 9.78 Å². The minimum absolute atomic E-state index is 0.0490.